The number of hydrogen-bond donors (Lipinski definition) is 1. The quantitative estimate of drug-likeness (QED) is 0.599. The van der Waals surface area contributed by atoms with Crippen molar-refractivity contribution in [3.05, 3.63) is 28.2 Å². The minimum Gasteiger partial charge on any atom is -0.427 e. The number of nitrogens with zero attached hydrogens (tertiary/aromatic N) is 1. The highest BCUT2D eigenvalue weighted by molar-refractivity contribution is 6.48. The van der Waals surface area contributed by atoms with E-state index < -0.39 is 16.5 Å². The molecule has 1 aliphatic carbocycles. The average Bonchev–Trinajstić information content (AvgIpc) is 2.98. The van der Waals surface area contributed by atoms with Crippen LogP contribution in [0.3, 0.4) is 0 Å². The van der Waals surface area contributed by atoms with Gasteiger partial charge >= 0.3 is 6.09 Å². The van der Waals surface area contributed by atoms with Gasteiger partial charge in [-0.1, -0.05) is 58.0 Å². The van der Waals surface area contributed by atoms with Gasteiger partial charge in [-0.05, 0) is 37.5 Å². The molecule has 0 aromatic heterocycles. The molecular weight excluding hydrogens is 417 g/mol. The Morgan fingerprint density at radius 1 is 1.25 bits per heavy atom. The molecule has 4 nitrogen and oxygen atoms in total. The fraction of sp³-hybridized carbons (Fsp3) is 0.533. The summed E-state index contributed by atoms with van der Waals surface area (Å²) in [6.07, 6.45) is 2.19. The third-order valence-electron chi connectivity index (χ3n) is 3.95. The van der Waals surface area contributed by atoms with Crippen LogP contribution in [0.4, 0.5) is 10.5 Å². The Kier molecular flexibility index (Phi) is 7.44. The zero-order valence-electron chi connectivity index (χ0n) is 12.8. The molecular formula is C15H17Cl5N2O2. The highest BCUT2D eigenvalue weighted by Crippen LogP contribution is 2.30. The van der Waals surface area contributed by atoms with E-state index in [9.17, 15) is 4.79 Å². The molecule has 1 aromatic carbocycles. The number of carbonyl (C=O) groups is 1. The first-order valence-electron chi connectivity index (χ1n) is 7.37. The number of nitrogens with one attached hydrogen (secondary N) is 1. The van der Waals surface area contributed by atoms with Crippen molar-refractivity contribution in [2.75, 3.05) is 12.4 Å². The third-order valence-corrected chi connectivity index (χ3v) is 5.74. The first kappa shape index (κ1) is 20.1. The summed E-state index contributed by atoms with van der Waals surface area (Å²) in [5, 5.41) is 4.37. The molecule has 24 heavy (non-hydrogen) atoms. The molecule has 0 heterocycles. The molecule has 3 atom stereocenters. The lowest BCUT2D eigenvalue weighted by molar-refractivity contribution is 0.0884. The Balaban J connectivity index is 2.01. The second kappa shape index (κ2) is 8.91. The summed E-state index contributed by atoms with van der Waals surface area (Å²) < 4.78 is 5.04. The van der Waals surface area contributed by atoms with Gasteiger partial charge in [0.15, 0.2) is 4.84 Å². The number of amides is 1. The van der Waals surface area contributed by atoms with Crippen molar-refractivity contribution in [1.29, 1.82) is 0 Å². The lowest BCUT2D eigenvalue weighted by Gasteiger charge is -2.31. The lowest BCUT2D eigenvalue weighted by Crippen LogP contribution is -2.45. The molecule has 0 saturated heterocycles. The fourth-order valence-electron chi connectivity index (χ4n) is 2.74. The largest absolute Gasteiger partial charge is 0.427 e. The van der Waals surface area contributed by atoms with Crippen LogP contribution in [0.25, 0.3) is 0 Å². The monoisotopic (exact) mass is 432 g/mol. The number of hydrogen-bond acceptors (Lipinski definition) is 3. The Bertz CT molecular complexity index is 587. The lowest BCUT2D eigenvalue weighted by atomic mass is 10.1. The van der Waals surface area contributed by atoms with Crippen molar-refractivity contribution < 1.29 is 9.53 Å². The van der Waals surface area contributed by atoms with Crippen LogP contribution >= 0.6 is 58.0 Å². The van der Waals surface area contributed by atoms with Crippen LogP contribution < -0.4 is 5.32 Å². The second-order valence-corrected chi connectivity index (χ2v) is 7.97. The SMILES string of the molecule is CN(C(=O)OC(Cl)C(Cl)Cl)C1CCCC1Nc1ccc(Cl)c(Cl)c1. The highest BCUT2D eigenvalue weighted by Gasteiger charge is 2.34. The number of benzene rings is 1. The van der Waals surface area contributed by atoms with Crippen LogP contribution in [0.2, 0.25) is 10.0 Å². The van der Waals surface area contributed by atoms with Crippen LogP contribution in [0.5, 0.6) is 0 Å². The molecule has 134 valence electrons. The van der Waals surface area contributed by atoms with Crippen molar-refractivity contribution in [1.82, 2.24) is 4.90 Å². The summed E-state index contributed by atoms with van der Waals surface area (Å²) in [6, 6.07) is 5.37. The summed E-state index contributed by atoms with van der Waals surface area (Å²) in [7, 11) is 1.67. The van der Waals surface area contributed by atoms with Gasteiger partial charge in [0.05, 0.1) is 16.1 Å². The smallest absolute Gasteiger partial charge is 0.411 e. The summed E-state index contributed by atoms with van der Waals surface area (Å²) in [5.41, 5.74) is -0.244. The summed E-state index contributed by atoms with van der Waals surface area (Å²) >= 11 is 29.0. The molecule has 1 amide bonds. The summed E-state index contributed by atoms with van der Waals surface area (Å²) in [6.45, 7) is 0. The normalized spacial score (nSPS) is 21.6. The van der Waals surface area contributed by atoms with Crippen molar-refractivity contribution >= 4 is 69.8 Å². The molecule has 3 unspecified atom stereocenters. The van der Waals surface area contributed by atoms with Gasteiger partial charge in [-0.3, -0.25) is 0 Å². The second-order valence-electron chi connectivity index (χ2n) is 5.56. The Labute approximate surface area is 166 Å². The molecule has 1 aliphatic rings. The van der Waals surface area contributed by atoms with Crippen molar-refractivity contribution in [3.63, 3.8) is 0 Å². The maximum atomic E-state index is 12.2. The summed E-state index contributed by atoms with van der Waals surface area (Å²) in [4.78, 5) is 12.7. The highest BCUT2D eigenvalue weighted by atomic mass is 35.5. The van der Waals surface area contributed by atoms with E-state index in [4.69, 9.17) is 62.7 Å². The first-order valence-corrected chi connectivity index (χ1v) is 9.43. The van der Waals surface area contributed by atoms with Crippen LogP contribution in [0.1, 0.15) is 19.3 Å². The molecule has 9 heteroatoms. The molecule has 1 saturated carbocycles. The minimum atomic E-state index is -1.09. The molecule has 0 spiro atoms. The number of ether oxygens (including phenoxy) is 1. The number of carbonyl (C=O) groups excluding carboxylic acids is 1. The van der Waals surface area contributed by atoms with Crippen LogP contribution in [0.15, 0.2) is 18.2 Å². The van der Waals surface area contributed by atoms with E-state index in [1.54, 1.807) is 19.2 Å². The predicted molar refractivity (Wildman–Crippen MR) is 101 cm³/mol. The van der Waals surface area contributed by atoms with Gasteiger partial charge in [-0.15, -0.1) is 0 Å². The van der Waals surface area contributed by atoms with Gasteiger partial charge in [0.1, 0.15) is 0 Å². The third kappa shape index (κ3) is 5.12. The molecule has 2 rings (SSSR count). The van der Waals surface area contributed by atoms with Crippen molar-refractivity contribution in [2.24, 2.45) is 0 Å². The number of rotatable bonds is 5. The maximum absolute atomic E-state index is 12.2. The molecule has 0 aliphatic heterocycles. The zero-order valence-corrected chi connectivity index (χ0v) is 16.6. The first-order chi connectivity index (χ1) is 11.3. The van der Waals surface area contributed by atoms with Gasteiger partial charge in [0.25, 0.3) is 0 Å². The average molecular weight is 435 g/mol. The van der Waals surface area contributed by atoms with E-state index in [1.165, 1.54) is 4.90 Å². The minimum absolute atomic E-state index is 0.0417. The Hall–Kier alpha value is -0.260. The van der Waals surface area contributed by atoms with Crippen molar-refractivity contribution in [2.45, 2.75) is 41.7 Å². The fourth-order valence-corrected chi connectivity index (χ4v) is 3.22. The van der Waals surface area contributed by atoms with Gasteiger partial charge < -0.3 is 15.0 Å². The van der Waals surface area contributed by atoms with Crippen LogP contribution in [-0.2, 0) is 4.74 Å². The van der Waals surface area contributed by atoms with E-state index in [-0.39, 0.29) is 12.1 Å². The maximum Gasteiger partial charge on any atom is 0.411 e. The Morgan fingerprint density at radius 2 is 1.96 bits per heavy atom. The van der Waals surface area contributed by atoms with Crippen molar-refractivity contribution in [3.8, 4) is 0 Å². The number of alkyl halides is 3. The Morgan fingerprint density at radius 3 is 2.58 bits per heavy atom. The zero-order chi connectivity index (χ0) is 17.9. The summed E-state index contributed by atoms with van der Waals surface area (Å²) in [5.74, 6) is 0. The van der Waals surface area contributed by atoms with Crippen LogP contribution in [-0.4, -0.2) is 40.5 Å². The van der Waals surface area contributed by atoms with E-state index in [1.807, 2.05) is 6.07 Å². The van der Waals surface area contributed by atoms with E-state index in [0.717, 1.165) is 24.9 Å². The predicted octanol–water partition coefficient (Wildman–Crippen LogP) is 5.76. The van der Waals surface area contributed by atoms with Gasteiger partial charge in [0.2, 0.25) is 5.56 Å². The molecule has 0 radical (unpaired) electrons. The molecule has 1 aromatic rings. The molecule has 0 bridgehead atoms. The van der Waals surface area contributed by atoms with E-state index >= 15 is 0 Å². The van der Waals surface area contributed by atoms with Gasteiger partial charge in [0, 0.05) is 18.8 Å². The molecule has 1 fully saturated rings. The number of anilines is 1. The van der Waals surface area contributed by atoms with E-state index in [2.05, 4.69) is 5.32 Å². The number of likely N-dealkylation sites (N-methyl/N-ethyl adjacent to an activating group) is 1. The van der Waals surface area contributed by atoms with Gasteiger partial charge in [-0.2, -0.15) is 0 Å². The van der Waals surface area contributed by atoms with Crippen LogP contribution in [0, 0.1) is 0 Å². The number of halogens is 5. The van der Waals surface area contributed by atoms with E-state index in [0.29, 0.717) is 10.0 Å². The molecule has 1 N–H and O–H groups in total. The standard InChI is InChI=1S/C15H17Cl5N2O2/c1-22(15(23)24-14(20)13(18)19)12-4-2-3-11(12)21-8-5-6-9(16)10(17)7-8/h5-7,11-14,21H,2-4H2,1H3. The van der Waals surface area contributed by atoms with Gasteiger partial charge in [-0.25, -0.2) is 4.79 Å². The topological polar surface area (TPSA) is 41.6 Å².